The average molecular weight is 393 g/mol. The van der Waals surface area contributed by atoms with Crippen molar-refractivity contribution in [3.05, 3.63) is 69.6 Å². The lowest BCUT2D eigenvalue weighted by molar-refractivity contribution is 0.0600. The van der Waals surface area contributed by atoms with Gasteiger partial charge in [0.15, 0.2) is 0 Å². The Bertz CT molecular complexity index is 1040. The zero-order chi connectivity index (χ0) is 18.8. The third kappa shape index (κ3) is 3.61. The number of carbonyl (C=O) groups is 2. The lowest BCUT2D eigenvalue weighted by Crippen LogP contribution is -2.14. The van der Waals surface area contributed by atoms with Crippen molar-refractivity contribution in [2.75, 3.05) is 12.4 Å². The minimum atomic E-state index is -0.626. The van der Waals surface area contributed by atoms with Gasteiger partial charge in [-0.15, -0.1) is 0 Å². The quantitative estimate of drug-likeness (QED) is 0.517. The second-order valence-corrected chi connectivity index (χ2v) is 6.07. The van der Waals surface area contributed by atoms with Crippen LogP contribution in [-0.4, -0.2) is 24.0 Å². The number of methoxy groups -OCH3 is 1. The second-order valence-electron chi connectivity index (χ2n) is 5.30. The van der Waals surface area contributed by atoms with Crippen LogP contribution in [0.3, 0.4) is 0 Å². The Morgan fingerprint density at radius 2 is 1.85 bits per heavy atom. The predicted molar refractivity (Wildman–Crippen MR) is 97.5 cm³/mol. The molecule has 0 aliphatic rings. The maximum absolute atomic E-state index is 13.3. The van der Waals surface area contributed by atoms with Crippen LogP contribution in [0.1, 0.15) is 20.7 Å². The number of benzene rings is 2. The van der Waals surface area contributed by atoms with Crippen LogP contribution in [0.5, 0.6) is 0 Å². The third-order valence-electron chi connectivity index (χ3n) is 3.61. The summed E-state index contributed by atoms with van der Waals surface area (Å²) >= 11 is 12.0. The standard InChI is InChI=1S/C18H11Cl2FN2O3/c1-26-18(25)12-8-11(4-5-14(12)19)22-17(24)13-6-9-2-3-10(21)7-15(9)23-16(13)20/h2-8H,1H3,(H,22,24). The van der Waals surface area contributed by atoms with E-state index in [1.54, 1.807) is 0 Å². The number of carbonyl (C=O) groups excluding carboxylic acids is 2. The number of pyridine rings is 1. The number of hydrogen-bond donors (Lipinski definition) is 1. The van der Waals surface area contributed by atoms with Crippen LogP contribution in [-0.2, 0) is 4.74 Å². The Labute approximate surface area is 157 Å². The molecule has 5 nitrogen and oxygen atoms in total. The number of hydrogen-bond acceptors (Lipinski definition) is 4. The van der Waals surface area contributed by atoms with Crippen molar-refractivity contribution in [3.63, 3.8) is 0 Å². The number of nitrogens with zero attached hydrogens (tertiary/aromatic N) is 1. The lowest BCUT2D eigenvalue weighted by atomic mass is 10.1. The molecule has 1 heterocycles. The summed E-state index contributed by atoms with van der Waals surface area (Å²) in [6.45, 7) is 0. The first kappa shape index (κ1) is 18.1. The van der Waals surface area contributed by atoms with Crippen LogP contribution in [0, 0.1) is 5.82 Å². The molecule has 2 aromatic carbocycles. The van der Waals surface area contributed by atoms with Gasteiger partial charge in [-0.05, 0) is 36.4 Å². The van der Waals surface area contributed by atoms with Crippen LogP contribution in [0.2, 0.25) is 10.2 Å². The summed E-state index contributed by atoms with van der Waals surface area (Å²) in [4.78, 5) is 28.3. The number of anilines is 1. The number of amides is 1. The van der Waals surface area contributed by atoms with Crippen molar-refractivity contribution < 1.29 is 18.7 Å². The fourth-order valence-electron chi connectivity index (χ4n) is 2.34. The maximum atomic E-state index is 13.3. The van der Waals surface area contributed by atoms with Crippen molar-refractivity contribution in [2.45, 2.75) is 0 Å². The molecule has 1 aromatic heterocycles. The van der Waals surface area contributed by atoms with E-state index < -0.39 is 17.7 Å². The van der Waals surface area contributed by atoms with E-state index in [1.807, 2.05) is 0 Å². The van der Waals surface area contributed by atoms with Crippen LogP contribution >= 0.6 is 23.2 Å². The van der Waals surface area contributed by atoms with Gasteiger partial charge in [-0.25, -0.2) is 14.2 Å². The topological polar surface area (TPSA) is 68.3 Å². The normalized spacial score (nSPS) is 10.6. The zero-order valence-electron chi connectivity index (χ0n) is 13.3. The summed E-state index contributed by atoms with van der Waals surface area (Å²) in [6.07, 6.45) is 0. The summed E-state index contributed by atoms with van der Waals surface area (Å²) in [6, 6.07) is 9.89. The molecule has 0 unspecified atom stereocenters. The molecule has 0 bridgehead atoms. The number of fused-ring (bicyclic) bond motifs is 1. The molecule has 0 fully saturated rings. The molecule has 132 valence electrons. The summed E-state index contributed by atoms with van der Waals surface area (Å²) in [5.74, 6) is -1.61. The average Bonchev–Trinajstić information content (AvgIpc) is 2.61. The molecule has 1 amide bonds. The highest BCUT2D eigenvalue weighted by Gasteiger charge is 2.16. The molecule has 0 aliphatic carbocycles. The first-order chi connectivity index (χ1) is 12.4. The predicted octanol–water partition coefficient (Wildman–Crippen LogP) is 4.72. The highest BCUT2D eigenvalue weighted by Crippen LogP contribution is 2.25. The van der Waals surface area contributed by atoms with E-state index in [1.165, 1.54) is 49.6 Å². The van der Waals surface area contributed by atoms with Gasteiger partial charge < -0.3 is 10.1 Å². The zero-order valence-corrected chi connectivity index (χ0v) is 14.9. The summed E-state index contributed by atoms with van der Waals surface area (Å²) in [5.41, 5.74) is 0.895. The van der Waals surface area contributed by atoms with Crippen molar-refractivity contribution in [3.8, 4) is 0 Å². The molecular weight excluding hydrogens is 382 g/mol. The smallest absolute Gasteiger partial charge is 0.339 e. The van der Waals surface area contributed by atoms with Gasteiger partial charge in [0.05, 0.1) is 28.8 Å². The molecule has 8 heteroatoms. The van der Waals surface area contributed by atoms with E-state index in [0.29, 0.717) is 16.6 Å². The van der Waals surface area contributed by atoms with E-state index in [0.717, 1.165) is 0 Å². The van der Waals surface area contributed by atoms with Crippen LogP contribution < -0.4 is 5.32 Å². The molecule has 3 aromatic rings. The Balaban J connectivity index is 1.93. The molecule has 0 saturated carbocycles. The minimum Gasteiger partial charge on any atom is -0.465 e. The Hall–Kier alpha value is -2.70. The van der Waals surface area contributed by atoms with Crippen molar-refractivity contribution in [2.24, 2.45) is 0 Å². The van der Waals surface area contributed by atoms with Crippen molar-refractivity contribution in [1.82, 2.24) is 4.98 Å². The fraction of sp³-hybridized carbons (Fsp3) is 0.0556. The molecule has 26 heavy (non-hydrogen) atoms. The van der Waals surface area contributed by atoms with Gasteiger partial charge in [-0.3, -0.25) is 4.79 Å². The summed E-state index contributed by atoms with van der Waals surface area (Å²) in [5, 5.41) is 3.31. The Kier molecular flexibility index (Phi) is 5.06. The van der Waals surface area contributed by atoms with Gasteiger partial charge in [0.25, 0.3) is 5.91 Å². The molecule has 0 saturated heterocycles. The highest BCUT2D eigenvalue weighted by atomic mass is 35.5. The van der Waals surface area contributed by atoms with Crippen molar-refractivity contribution >= 4 is 51.7 Å². The molecule has 1 N–H and O–H groups in total. The van der Waals surface area contributed by atoms with E-state index >= 15 is 0 Å². The first-order valence-corrected chi connectivity index (χ1v) is 8.09. The molecule has 3 rings (SSSR count). The Morgan fingerprint density at radius 3 is 2.58 bits per heavy atom. The SMILES string of the molecule is COC(=O)c1cc(NC(=O)c2cc3ccc(F)cc3nc2Cl)ccc1Cl. The first-order valence-electron chi connectivity index (χ1n) is 7.34. The van der Waals surface area contributed by atoms with E-state index in [2.05, 4.69) is 15.0 Å². The summed E-state index contributed by atoms with van der Waals surface area (Å²) in [7, 11) is 1.23. The summed E-state index contributed by atoms with van der Waals surface area (Å²) < 4.78 is 17.9. The van der Waals surface area contributed by atoms with Gasteiger partial charge in [0.1, 0.15) is 11.0 Å². The number of esters is 1. The number of ether oxygens (including phenoxy) is 1. The Morgan fingerprint density at radius 1 is 1.08 bits per heavy atom. The minimum absolute atomic E-state index is 0.0669. The van der Waals surface area contributed by atoms with E-state index in [4.69, 9.17) is 23.2 Å². The van der Waals surface area contributed by atoms with Gasteiger partial charge in [-0.1, -0.05) is 23.2 Å². The number of halogens is 3. The van der Waals surface area contributed by atoms with Crippen molar-refractivity contribution in [1.29, 1.82) is 0 Å². The van der Waals surface area contributed by atoms with Crippen LogP contribution in [0.25, 0.3) is 10.9 Å². The molecule has 0 spiro atoms. The fourth-order valence-corrected chi connectivity index (χ4v) is 2.77. The van der Waals surface area contributed by atoms with Crippen LogP contribution in [0.4, 0.5) is 10.1 Å². The van der Waals surface area contributed by atoms with Crippen LogP contribution in [0.15, 0.2) is 42.5 Å². The van der Waals surface area contributed by atoms with Gasteiger partial charge in [0.2, 0.25) is 0 Å². The molecule has 0 atom stereocenters. The third-order valence-corrected chi connectivity index (χ3v) is 4.23. The monoisotopic (exact) mass is 392 g/mol. The second kappa shape index (κ2) is 7.27. The number of aromatic nitrogens is 1. The highest BCUT2D eigenvalue weighted by molar-refractivity contribution is 6.34. The number of nitrogens with one attached hydrogen (secondary N) is 1. The van der Waals surface area contributed by atoms with Gasteiger partial charge in [0, 0.05) is 17.1 Å². The van der Waals surface area contributed by atoms with Gasteiger partial charge in [-0.2, -0.15) is 0 Å². The lowest BCUT2D eigenvalue weighted by Gasteiger charge is -2.10. The van der Waals surface area contributed by atoms with Gasteiger partial charge >= 0.3 is 5.97 Å². The molecule has 0 aliphatic heterocycles. The largest absolute Gasteiger partial charge is 0.465 e. The maximum Gasteiger partial charge on any atom is 0.339 e. The van der Waals surface area contributed by atoms with E-state index in [9.17, 15) is 14.0 Å². The number of rotatable bonds is 3. The molecular formula is C18H11Cl2FN2O3. The van der Waals surface area contributed by atoms with E-state index in [-0.39, 0.29) is 21.3 Å². The molecule has 0 radical (unpaired) electrons.